The summed E-state index contributed by atoms with van der Waals surface area (Å²) >= 11 is 6.33. The van der Waals surface area contributed by atoms with Crippen LogP contribution in [0.4, 0.5) is 11.4 Å². The van der Waals surface area contributed by atoms with E-state index < -0.39 is 10.8 Å². The largest absolute Gasteiger partial charge is 0.493 e. The highest BCUT2D eigenvalue weighted by atomic mass is 32.2. The first kappa shape index (κ1) is 22.2. The number of thioether (sulfide) groups is 1. The van der Waals surface area contributed by atoms with E-state index in [0.29, 0.717) is 32.0 Å². The summed E-state index contributed by atoms with van der Waals surface area (Å²) in [5, 5.41) is 13.4. The van der Waals surface area contributed by atoms with Gasteiger partial charge in [-0.05, 0) is 29.8 Å². The minimum Gasteiger partial charge on any atom is -0.493 e. The first-order valence-corrected chi connectivity index (χ1v) is 10.1. The monoisotopic (exact) mass is 459 g/mol. The second-order valence-electron chi connectivity index (χ2n) is 6.30. The molecule has 1 N–H and O–H groups in total. The van der Waals surface area contributed by atoms with Gasteiger partial charge >= 0.3 is 0 Å². The van der Waals surface area contributed by atoms with Gasteiger partial charge in [0, 0.05) is 24.9 Å². The molecule has 2 amide bonds. The molecular weight excluding hydrogens is 442 g/mol. The lowest BCUT2D eigenvalue weighted by molar-refractivity contribution is -0.384. The van der Waals surface area contributed by atoms with Crippen molar-refractivity contribution in [2.24, 2.45) is 0 Å². The third-order valence-electron chi connectivity index (χ3n) is 4.17. The molecule has 1 heterocycles. The molecule has 1 saturated heterocycles. The SMILES string of the molecule is COc1cc(/C=C2/SC(=S)N(C)C2=O)ccc1OCC(=O)Nc1cccc([N+](=O)[O-])c1. The summed E-state index contributed by atoms with van der Waals surface area (Å²) in [6, 6.07) is 10.6. The van der Waals surface area contributed by atoms with Crippen LogP contribution in [0.25, 0.3) is 6.08 Å². The molecule has 0 atom stereocenters. The zero-order valence-corrected chi connectivity index (χ0v) is 18.1. The molecule has 0 aliphatic carbocycles. The number of nitrogens with one attached hydrogen (secondary N) is 1. The summed E-state index contributed by atoms with van der Waals surface area (Å²) in [6.07, 6.45) is 1.70. The van der Waals surface area contributed by atoms with E-state index in [4.69, 9.17) is 21.7 Å². The molecule has 31 heavy (non-hydrogen) atoms. The number of hydrogen-bond acceptors (Lipinski definition) is 8. The number of likely N-dealkylation sites (N-methyl/N-ethyl adjacent to an activating group) is 1. The summed E-state index contributed by atoms with van der Waals surface area (Å²) in [5.41, 5.74) is 0.869. The number of rotatable bonds is 7. The van der Waals surface area contributed by atoms with Crippen molar-refractivity contribution in [3.05, 3.63) is 63.0 Å². The predicted octanol–water partition coefficient (Wildman–Crippen LogP) is 3.45. The van der Waals surface area contributed by atoms with Crippen LogP contribution >= 0.6 is 24.0 Å². The Morgan fingerprint density at radius 1 is 1.29 bits per heavy atom. The van der Waals surface area contributed by atoms with Gasteiger partial charge in [0.05, 0.1) is 16.9 Å². The molecule has 0 spiro atoms. The van der Waals surface area contributed by atoms with Crippen LogP contribution in [0.1, 0.15) is 5.56 Å². The van der Waals surface area contributed by atoms with Crippen molar-refractivity contribution in [3.8, 4) is 11.5 Å². The molecule has 3 rings (SSSR count). The van der Waals surface area contributed by atoms with Crippen molar-refractivity contribution in [3.63, 3.8) is 0 Å². The number of carbonyl (C=O) groups excluding carboxylic acids is 2. The number of anilines is 1. The van der Waals surface area contributed by atoms with Gasteiger partial charge < -0.3 is 14.8 Å². The number of nitrogens with zero attached hydrogens (tertiary/aromatic N) is 2. The van der Waals surface area contributed by atoms with Gasteiger partial charge in [0.25, 0.3) is 17.5 Å². The topological polar surface area (TPSA) is 111 Å². The van der Waals surface area contributed by atoms with E-state index in [0.717, 1.165) is 0 Å². The number of benzene rings is 2. The van der Waals surface area contributed by atoms with E-state index in [1.165, 1.54) is 42.0 Å². The fourth-order valence-electron chi connectivity index (χ4n) is 2.63. The molecule has 1 fully saturated rings. The molecule has 0 radical (unpaired) electrons. The summed E-state index contributed by atoms with van der Waals surface area (Å²) < 4.78 is 11.3. The number of non-ortho nitro benzene ring substituents is 1. The summed E-state index contributed by atoms with van der Waals surface area (Å²) in [5.74, 6) is 0.0473. The van der Waals surface area contributed by atoms with Gasteiger partial charge in [0.2, 0.25) is 0 Å². The Balaban J connectivity index is 1.66. The van der Waals surface area contributed by atoms with Gasteiger partial charge in [0.15, 0.2) is 18.1 Å². The summed E-state index contributed by atoms with van der Waals surface area (Å²) in [4.78, 5) is 36.5. The number of methoxy groups -OCH3 is 1. The molecule has 160 valence electrons. The van der Waals surface area contributed by atoms with E-state index in [1.807, 2.05) is 0 Å². The third kappa shape index (κ3) is 5.38. The average molecular weight is 460 g/mol. The van der Waals surface area contributed by atoms with E-state index >= 15 is 0 Å². The molecule has 0 saturated carbocycles. The van der Waals surface area contributed by atoms with E-state index in [2.05, 4.69) is 5.32 Å². The number of nitro groups is 1. The molecule has 0 bridgehead atoms. The number of thiocarbonyl (C=S) groups is 1. The van der Waals surface area contributed by atoms with Gasteiger partial charge in [-0.2, -0.15) is 0 Å². The van der Waals surface area contributed by atoms with Crippen LogP contribution in [0.5, 0.6) is 11.5 Å². The molecule has 1 aliphatic rings. The molecule has 2 aromatic rings. The van der Waals surface area contributed by atoms with Crippen LogP contribution in [0.3, 0.4) is 0 Å². The molecule has 0 aromatic heterocycles. The van der Waals surface area contributed by atoms with Crippen LogP contribution in [0, 0.1) is 10.1 Å². The Morgan fingerprint density at radius 3 is 2.71 bits per heavy atom. The van der Waals surface area contributed by atoms with Crippen molar-refractivity contribution >= 4 is 57.6 Å². The molecular formula is C20H17N3O6S2. The zero-order chi connectivity index (χ0) is 22.5. The molecule has 0 unspecified atom stereocenters. The van der Waals surface area contributed by atoms with Crippen molar-refractivity contribution < 1.29 is 24.0 Å². The van der Waals surface area contributed by atoms with Gasteiger partial charge in [-0.15, -0.1) is 0 Å². The zero-order valence-electron chi connectivity index (χ0n) is 16.5. The maximum atomic E-state index is 12.1. The van der Waals surface area contributed by atoms with Crippen LogP contribution < -0.4 is 14.8 Å². The van der Waals surface area contributed by atoms with E-state index in [9.17, 15) is 19.7 Å². The quantitative estimate of drug-likeness (QED) is 0.290. The number of nitro benzene ring substituents is 1. The van der Waals surface area contributed by atoms with Crippen LogP contribution in [0.2, 0.25) is 0 Å². The number of carbonyl (C=O) groups is 2. The fourth-order valence-corrected chi connectivity index (χ4v) is 3.81. The first-order chi connectivity index (χ1) is 14.8. The standard InChI is InChI=1S/C20H17N3O6S2/c1-22-19(25)17(31-20(22)30)9-12-6-7-15(16(8-12)28-2)29-11-18(24)21-13-4-3-5-14(10-13)23(26)27/h3-10H,11H2,1-2H3,(H,21,24)/b17-9+. The Morgan fingerprint density at radius 2 is 2.06 bits per heavy atom. The minimum atomic E-state index is -0.545. The average Bonchev–Trinajstić information content (AvgIpc) is 2.99. The van der Waals surface area contributed by atoms with Crippen molar-refractivity contribution in [2.75, 3.05) is 26.1 Å². The molecule has 1 aliphatic heterocycles. The molecule has 11 heteroatoms. The second-order valence-corrected chi connectivity index (χ2v) is 7.97. The summed E-state index contributed by atoms with van der Waals surface area (Å²) in [6.45, 7) is -0.326. The van der Waals surface area contributed by atoms with Crippen molar-refractivity contribution in [1.29, 1.82) is 0 Å². The number of hydrogen-bond donors (Lipinski definition) is 1. The number of ether oxygens (including phenoxy) is 2. The predicted molar refractivity (Wildman–Crippen MR) is 121 cm³/mol. The van der Waals surface area contributed by atoms with E-state index in [1.54, 1.807) is 37.4 Å². The Labute approximate surface area is 187 Å². The summed E-state index contributed by atoms with van der Waals surface area (Å²) in [7, 11) is 3.08. The number of amides is 2. The molecule has 9 nitrogen and oxygen atoms in total. The van der Waals surface area contributed by atoms with Gasteiger partial charge in [-0.1, -0.05) is 36.1 Å². The van der Waals surface area contributed by atoms with Gasteiger partial charge in [-0.25, -0.2) is 0 Å². The van der Waals surface area contributed by atoms with Crippen molar-refractivity contribution in [2.45, 2.75) is 0 Å². The van der Waals surface area contributed by atoms with Crippen LogP contribution in [0.15, 0.2) is 47.4 Å². The maximum absolute atomic E-state index is 12.1. The van der Waals surface area contributed by atoms with Gasteiger partial charge in [0.1, 0.15) is 4.32 Å². The van der Waals surface area contributed by atoms with Gasteiger partial charge in [-0.3, -0.25) is 24.6 Å². The van der Waals surface area contributed by atoms with Crippen LogP contribution in [-0.4, -0.2) is 46.7 Å². The lowest BCUT2D eigenvalue weighted by atomic mass is 10.2. The van der Waals surface area contributed by atoms with Crippen molar-refractivity contribution in [1.82, 2.24) is 4.90 Å². The smallest absolute Gasteiger partial charge is 0.271 e. The highest BCUT2D eigenvalue weighted by Crippen LogP contribution is 2.34. The highest BCUT2D eigenvalue weighted by molar-refractivity contribution is 8.26. The lowest BCUT2D eigenvalue weighted by Gasteiger charge is -2.12. The Bertz CT molecular complexity index is 1100. The van der Waals surface area contributed by atoms with E-state index in [-0.39, 0.29) is 18.2 Å². The Kier molecular flexibility index (Phi) is 6.88. The minimum absolute atomic E-state index is 0.129. The lowest BCUT2D eigenvalue weighted by Crippen LogP contribution is -2.22. The maximum Gasteiger partial charge on any atom is 0.271 e. The highest BCUT2D eigenvalue weighted by Gasteiger charge is 2.28. The fraction of sp³-hybridized carbons (Fsp3) is 0.150. The third-order valence-corrected chi connectivity index (χ3v) is 5.66. The normalized spacial score (nSPS) is 14.6. The second kappa shape index (κ2) is 9.58. The Hall–Kier alpha value is -3.44. The first-order valence-electron chi connectivity index (χ1n) is 8.85. The molecule has 2 aromatic carbocycles. The van der Waals surface area contributed by atoms with Crippen LogP contribution in [-0.2, 0) is 9.59 Å².